The molecular formula is C13H8BrClFNO3. The van der Waals surface area contributed by atoms with E-state index in [2.05, 4.69) is 15.9 Å². The minimum Gasteiger partial charge on any atom is -0.454 e. The molecule has 7 heteroatoms. The lowest BCUT2D eigenvalue weighted by Crippen LogP contribution is -1.95. The zero-order valence-electron chi connectivity index (χ0n) is 9.98. The first-order valence-electron chi connectivity index (χ1n) is 5.47. The van der Waals surface area contributed by atoms with Crippen LogP contribution in [-0.4, -0.2) is 4.92 Å². The molecule has 0 aromatic heterocycles. The van der Waals surface area contributed by atoms with Crippen molar-refractivity contribution < 1.29 is 14.1 Å². The van der Waals surface area contributed by atoms with Crippen LogP contribution >= 0.6 is 27.5 Å². The summed E-state index contributed by atoms with van der Waals surface area (Å²) in [5.74, 6) is -0.383. The number of non-ortho nitro benzene ring substituents is 1. The normalized spacial score (nSPS) is 10.3. The number of benzene rings is 2. The molecule has 4 nitrogen and oxygen atoms in total. The van der Waals surface area contributed by atoms with E-state index in [0.29, 0.717) is 10.0 Å². The van der Waals surface area contributed by atoms with E-state index >= 15 is 0 Å². The lowest BCUT2D eigenvalue weighted by atomic mass is 10.2. The predicted molar refractivity (Wildman–Crippen MR) is 76.8 cm³/mol. The number of nitro benzene ring substituents is 1. The number of nitro groups is 1. The van der Waals surface area contributed by atoms with Crippen LogP contribution in [0.1, 0.15) is 5.56 Å². The standard InChI is InChI=1S/C13H8BrClFNO3/c14-9-4-10(17(18)19)6-11(5-9)20-13-8(7-15)2-1-3-12(13)16/h1-6H,7H2. The molecule has 0 bridgehead atoms. The number of halogens is 3. The minimum absolute atomic E-state index is 0.0325. The third-order valence-corrected chi connectivity index (χ3v) is 3.23. The van der Waals surface area contributed by atoms with Crippen LogP contribution in [0, 0.1) is 15.9 Å². The Morgan fingerprint density at radius 1 is 1.35 bits per heavy atom. The van der Waals surface area contributed by atoms with Gasteiger partial charge in [0, 0.05) is 16.1 Å². The summed E-state index contributed by atoms with van der Waals surface area (Å²) in [5.41, 5.74) is 0.312. The average molecular weight is 361 g/mol. The van der Waals surface area contributed by atoms with Crippen molar-refractivity contribution in [2.75, 3.05) is 0 Å². The van der Waals surface area contributed by atoms with Crippen molar-refractivity contribution in [1.29, 1.82) is 0 Å². The number of para-hydroxylation sites is 1. The Bertz CT molecular complexity index is 666. The van der Waals surface area contributed by atoms with E-state index in [0.717, 1.165) is 0 Å². The Morgan fingerprint density at radius 2 is 2.10 bits per heavy atom. The van der Waals surface area contributed by atoms with Gasteiger partial charge in [0.2, 0.25) is 0 Å². The SMILES string of the molecule is O=[N+]([O-])c1cc(Br)cc(Oc2c(F)cccc2CCl)c1. The zero-order chi connectivity index (χ0) is 14.7. The Kier molecular flexibility index (Phi) is 4.57. The van der Waals surface area contributed by atoms with E-state index in [1.54, 1.807) is 6.07 Å². The van der Waals surface area contributed by atoms with E-state index in [1.165, 1.54) is 30.3 Å². The molecule has 0 saturated heterocycles. The fraction of sp³-hybridized carbons (Fsp3) is 0.0769. The second-order valence-corrected chi connectivity index (χ2v) is 5.05. The van der Waals surface area contributed by atoms with Gasteiger partial charge >= 0.3 is 0 Å². The Labute approximate surface area is 127 Å². The largest absolute Gasteiger partial charge is 0.454 e. The van der Waals surface area contributed by atoms with Crippen LogP contribution in [0.15, 0.2) is 40.9 Å². The van der Waals surface area contributed by atoms with Crippen LogP contribution in [-0.2, 0) is 5.88 Å². The maximum Gasteiger partial charge on any atom is 0.274 e. The first-order chi connectivity index (χ1) is 9.51. The zero-order valence-corrected chi connectivity index (χ0v) is 12.3. The molecule has 0 saturated carbocycles. The lowest BCUT2D eigenvalue weighted by Gasteiger charge is -2.10. The Morgan fingerprint density at radius 3 is 2.75 bits per heavy atom. The monoisotopic (exact) mass is 359 g/mol. The van der Waals surface area contributed by atoms with Gasteiger partial charge in [-0.15, -0.1) is 11.6 Å². The number of hydrogen-bond donors (Lipinski definition) is 0. The molecule has 0 N–H and O–H groups in total. The minimum atomic E-state index is -0.578. The Balaban J connectivity index is 2.42. The smallest absolute Gasteiger partial charge is 0.274 e. The van der Waals surface area contributed by atoms with Crippen LogP contribution in [0.25, 0.3) is 0 Å². The molecule has 104 valence electrons. The highest BCUT2D eigenvalue weighted by atomic mass is 79.9. The van der Waals surface area contributed by atoms with Gasteiger partial charge in [0.15, 0.2) is 11.6 Å². The maximum absolute atomic E-state index is 13.8. The number of hydrogen-bond acceptors (Lipinski definition) is 3. The van der Waals surface area contributed by atoms with Gasteiger partial charge in [-0.3, -0.25) is 10.1 Å². The summed E-state index contributed by atoms with van der Waals surface area (Å²) < 4.78 is 19.6. The van der Waals surface area contributed by atoms with E-state index in [4.69, 9.17) is 16.3 Å². The number of ether oxygens (including phenoxy) is 1. The molecule has 0 spiro atoms. The molecule has 0 atom stereocenters. The van der Waals surface area contributed by atoms with Crippen LogP contribution in [0.3, 0.4) is 0 Å². The van der Waals surface area contributed by atoms with E-state index in [9.17, 15) is 14.5 Å². The topological polar surface area (TPSA) is 52.4 Å². The summed E-state index contributed by atoms with van der Waals surface area (Å²) in [5, 5.41) is 10.8. The van der Waals surface area contributed by atoms with Crippen molar-refractivity contribution >= 4 is 33.2 Å². The molecule has 0 fully saturated rings. The molecule has 2 aromatic rings. The van der Waals surface area contributed by atoms with Crippen molar-refractivity contribution in [2.45, 2.75) is 5.88 Å². The molecule has 0 heterocycles. The first kappa shape index (κ1) is 14.7. The summed E-state index contributed by atoms with van der Waals surface area (Å²) in [6.45, 7) is 0. The second-order valence-electron chi connectivity index (χ2n) is 3.87. The summed E-state index contributed by atoms with van der Waals surface area (Å²) in [4.78, 5) is 10.2. The van der Waals surface area contributed by atoms with Crippen LogP contribution in [0.4, 0.5) is 10.1 Å². The number of rotatable bonds is 4. The molecule has 0 amide bonds. The fourth-order valence-electron chi connectivity index (χ4n) is 1.60. The van der Waals surface area contributed by atoms with Crippen LogP contribution in [0.5, 0.6) is 11.5 Å². The molecule has 0 aliphatic rings. The summed E-state index contributed by atoms with van der Waals surface area (Å²) >= 11 is 8.86. The summed E-state index contributed by atoms with van der Waals surface area (Å²) in [7, 11) is 0. The average Bonchev–Trinajstić information content (AvgIpc) is 2.40. The third kappa shape index (κ3) is 3.26. The van der Waals surface area contributed by atoms with Crippen LogP contribution < -0.4 is 4.74 Å². The van der Waals surface area contributed by atoms with Crippen molar-refractivity contribution in [3.05, 3.63) is 62.4 Å². The van der Waals surface area contributed by atoms with Gasteiger partial charge in [0.05, 0.1) is 16.9 Å². The van der Waals surface area contributed by atoms with Gasteiger partial charge in [-0.05, 0) is 12.1 Å². The van der Waals surface area contributed by atoms with Gasteiger partial charge in [-0.1, -0.05) is 28.1 Å². The second kappa shape index (κ2) is 6.19. The summed E-state index contributed by atoms with van der Waals surface area (Å²) in [6.07, 6.45) is 0. The molecule has 20 heavy (non-hydrogen) atoms. The van der Waals surface area contributed by atoms with E-state index in [1.807, 2.05) is 0 Å². The highest BCUT2D eigenvalue weighted by Crippen LogP contribution is 2.33. The van der Waals surface area contributed by atoms with Gasteiger partial charge in [0.25, 0.3) is 5.69 Å². The van der Waals surface area contributed by atoms with E-state index in [-0.39, 0.29) is 23.1 Å². The number of nitrogens with zero attached hydrogens (tertiary/aromatic N) is 1. The third-order valence-electron chi connectivity index (χ3n) is 2.48. The highest BCUT2D eigenvalue weighted by molar-refractivity contribution is 9.10. The quantitative estimate of drug-likeness (QED) is 0.436. The molecule has 0 unspecified atom stereocenters. The van der Waals surface area contributed by atoms with Crippen LogP contribution in [0.2, 0.25) is 0 Å². The maximum atomic E-state index is 13.8. The van der Waals surface area contributed by atoms with Gasteiger partial charge in [0.1, 0.15) is 5.75 Å². The van der Waals surface area contributed by atoms with Gasteiger partial charge in [-0.2, -0.15) is 0 Å². The molecule has 0 radical (unpaired) electrons. The summed E-state index contributed by atoms with van der Waals surface area (Å²) in [6, 6.07) is 8.43. The fourth-order valence-corrected chi connectivity index (χ4v) is 2.27. The molecule has 2 rings (SSSR count). The highest BCUT2D eigenvalue weighted by Gasteiger charge is 2.14. The molecular weight excluding hydrogens is 353 g/mol. The van der Waals surface area contributed by atoms with Crippen molar-refractivity contribution in [2.24, 2.45) is 0 Å². The molecule has 0 aliphatic carbocycles. The number of alkyl halides is 1. The lowest BCUT2D eigenvalue weighted by molar-refractivity contribution is -0.385. The molecule has 2 aromatic carbocycles. The predicted octanol–water partition coefficient (Wildman–Crippen LogP) is 5.03. The first-order valence-corrected chi connectivity index (χ1v) is 6.80. The van der Waals surface area contributed by atoms with Crippen molar-refractivity contribution in [3.63, 3.8) is 0 Å². The van der Waals surface area contributed by atoms with Crippen molar-refractivity contribution in [1.82, 2.24) is 0 Å². The molecule has 0 aliphatic heterocycles. The van der Waals surface area contributed by atoms with Crippen molar-refractivity contribution in [3.8, 4) is 11.5 Å². The van der Waals surface area contributed by atoms with Gasteiger partial charge < -0.3 is 4.74 Å². The Hall–Kier alpha value is -1.66. The van der Waals surface area contributed by atoms with Gasteiger partial charge in [-0.25, -0.2) is 4.39 Å². The van der Waals surface area contributed by atoms with E-state index < -0.39 is 10.7 Å².